The molecule has 0 aromatic heterocycles. The maximum atomic E-state index is 12.5. The first kappa shape index (κ1) is 77.3. The van der Waals surface area contributed by atoms with Crippen LogP contribution >= 0.6 is 0 Å². The summed E-state index contributed by atoms with van der Waals surface area (Å²) < 4.78 is 5.47. The smallest absolute Gasteiger partial charge is 0.305 e. The van der Waals surface area contributed by atoms with Gasteiger partial charge in [-0.15, -0.1) is 0 Å². The van der Waals surface area contributed by atoms with Crippen LogP contribution in [0.2, 0.25) is 0 Å². The van der Waals surface area contributed by atoms with Gasteiger partial charge in [-0.1, -0.05) is 359 Å². The van der Waals surface area contributed by atoms with Crippen LogP contribution in [0.4, 0.5) is 0 Å². The number of rotatable bonds is 68. The number of aliphatic hydroxyl groups excluding tert-OH is 2. The maximum absolute atomic E-state index is 12.5. The van der Waals surface area contributed by atoms with Crippen LogP contribution in [0.15, 0.2) is 24.3 Å². The summed E-state index contributed by atoms with van der Waals surface area (Å²) in [7, 11) is 0. The van der Waals surface area contributed by atoms with E-state index in [1.807, 2.05) is 6.08 Å². The third-order valence-corrected chi connectivity index (χ3v) is 17.0. The van der Waals surface area contributed by atoms with E-state index in [9.17, 15) is 19.8 Å². The molecule has 1 amide bonds. The molecule has 0 radical (unpaired) electrons. The summed E-state index contributed by atoms with van der Waals surface area (Å²) in [6.45, 7) is 4.94. The monoisotopic (exact) mass is 1110 g/mol. The topological polar surface area (TPSA) is 95.9 Å². The molecule has 6 heteroatoms. The van der Waals surface area contributed by atoms with Crippen LogP contribution in [-0.4, -0.2) is 47.4 Å². The van der Waals surface area contributed by atoms with Gasteiger partial charge in [-0.05, 0) is 57.8 Å². The van der Waals surface area contributed by atoms with E-state index >= 15 is 0 Å². The highest BCUT2D eigenvalue weighted by Gasteiger charge is 2.18. The molecule has 0 saturated carbocycles. The van der Waals surface area contributed by atoms with E-state index in [0.29, 0.717) is 19.4 Å². The first-order valence-electron chi connectivity index (χ1n) is 36.1. The number of hydrogen-bond donors (Lipinski definition) is 3. The van der Waals surface area contributed by atoms with Gasteiger partial charge in [-0.2, -0.15) is 0 Å². The van der Waals surface area contributed by atoms with Gasteiger partial charge in [-0.25, -0.2) is 0 Å². The van der Waals surface area contributed by atoms with Crippen molar-refractivity contribution >= 4 is 11.9 Å². The maximum Gasteiger partial charge on any atom is 0.305 e. The Bertz CT molecular complexity index is 1230. The standard InChI is InChI=1S/C73H141NO5/c1-3-5-7-9-11-13-15-16-17-18-19-20-27-30-33-36-39-42-46-49-53-57-61-65-71(76)70(69-75)74-72(77)66-62-58-54-50-47-43-40-37-34-31-28-25-23-21-22-24-26-29-32-35-38-41-44-48-52-56-60-64-68-79-73(78)67-63-59-55-51-45-14-12-10-8-6-4-2/h21-22,61,65,70-71,75-76H,3-20,23-60,62-64,66-69H2,1-2H3,(H,74,77)/b22-21-,65-61+. The number of carbonyl (C=O) groups is 2. The van der Waals surface area contributed by atoms with Gasteiger partial charge in [0.05, 0.1) is 25.4 Å². The summed E-state index contributed by atoms with van der Waals surface area (Å²) in [5.41, 5.74) is 0. The highest BCUT2D eigenvalue weighted by atomic mass is 16.5. The Labute approximate surface area is 494 Å². The molecule has 0 aromatic rings. The number of aliphatic hydroxyl groups is 2. The number of unbranched alkanes of at least 4 members (excludes halogenated alkanes) is 55. The fourth-order valence-electron chi connectivity index (χ4n) is 11.5. The van der Waals surface area contributed by atoms with Crippen LogP contribution in [0.25, 0.3) is 0 Å². The summed E-state index contributed by atoms with van der Waals surface area (Å²) >= 11 is 0. The Morgan fingerprint density at radius 2 is 0.595 bits per heavy atom. The molecule has 0 aliphatic rings. The SMILES string of the molecule is CCCCCCCCCCCCCCCCCCCCCCC/C=C/C(O)C(CO)NC(=O)CCCCCCCCCCCCCC/C=C\CCCCCCCCCCCCCCOC(=O)CCCCCCCCCCCCC. The van der Waals surface area contributed by atoms with Crippen LogP contribution in [0.1, 0.15) is 406 Å². The van der Waals surface area contributed by atoms with Gasteiger partial charge in [-0.3, -0.25) is 9.59 Å². The number of amides is 1. The molecule has 0 aliphatic heterocycles. The third kappa shape index (κ3) is 65.4. The van der Waals surface area contributed by atoms with Gasteiger partial charge in [0.15, 0.2) is 0 Å². The van der Waals surface area contributed by atoms with E-state index in [4.69, 9.17) is 4.74 Å². The number of hydrogen-bond acceptors (Lipinski definition) is 5. The summed E-state index contributed by atoms with van der Waals surface area (Å²) in [4.78, 5) is 24.5. The number of nitrogens with one attached hydrogen (secondary N) is 1. The molecule has 0 bridgehead atoms. The van der Waals surface area contributed by atoms with Crippen LogP contribution in [0.5, 0.6) is 0 Å². The summed E-state index contributed by atoms with van der Waals surface area (Å²) in [6.07, 6.45) is 86.9. The van der Waals surface area contributed by atoms with E-state index in [0.717, 1.165) is 38.5 Å². The second kappa shape index (κ2) is 68.8. The van der Waals surface area contributed by atoms with Gasteiger partial charge in [0.25, 0.3) is 0 Å². The van der Waals surface area contributed by atoms with Crippen molar-refractivity contribution < 1.29 is 24.5 Å². The van der Waals surface area contributed by atoms with Crippen LogP contribution < -0.4 is 5.32 Å². The molecule has 0 aromatic carbocycles. The minimum Gasteiger partial charge on any atom is -0.466 e. The fraction of sp³-hybridized carbons (Fsp3) is 0.918. The minimum absolute atomic E-state index is 0.0159. The van der Waals surface area contributed by atoms with E-state index in [1.54, 1.807) is 6.08 Å². The minimum atomic E-state index is -0.845. The first-order chi connectivity index (χ1) is 39.0. The molecule has 6 nitrogen and oxygen atoms in total. The number of allylic oxidation sites excluding steroid dienone is 3. The lowest BCUT2D eigenvalue weighted by Gasteiger charge is -2.20. The predicted octanol–water partition coefficient (Wildman–Crippen LogP) is 23.3. The van der Waals surface area contributed by atoms with E-state index in [1.165, 1.54) is 340 Å². The van der Waals surface area contributed by atoms with Crippen molar-refractivity contribution in [1.82, 2.24) is 5.32 Å². The van der Waals surface area contributed by atoms with Crippen molar-refractivity contribution in [3.63, 3.8) is 0 Å². The molecule has 2 unspecified atom stereocenters. The Morgan fingerprint density at radius 3 is 0.899 bits per heavy atom. The normalized spacial score (nSPS) is 12.6. The zero-order valence-electron chi connectivity index (χ0n) is 53.6. The molecule has 0 saturated heterocycles. The quantitative estimate of drug-likeness (QED) is 0.0320. The van der Waals surface area contributed by atoms with Gasteiger partial charge in [0, 0.05) is 12.8 Å². The Hall–Kier alpha value is -1.66. The summed E-state index contributed by atoms with van der Waals surface area (Å²) in [5, 5.41) is 23.3. The first-order valence-corrected chi connectivity index (χ1v) is 36.1. The second-order valence-corrected chi connectivity index (χ2v) is 24.9. The zero-order valence-corrected chi connectivity index (χ0v) is 53.6. The molecular formula is C73H141NO5. The van der Waals surface area contributed by atoms with Gasteiger partial charge < -0.3 is 20.3 Å². The lowest BCUT2D eigenvalue weighted by molar-refractivity contribution is -0.143. The lowest BCUT2D eigenvalue weighted by atomic mass is 10.0. The third-order valence-electron chi connectivity index (χ3n) is 17.0. The van der Waals surface area contributed by atoms with Crippen molar-refractivity contribution in [3.8, 4) is 0 Å². The Morgan fingerprint density at radius 1 is 0.342 bits per heavy atom. The predicted molar refractivity (Wildman–Crippen MR) is 347 cm³/mol. The average Bonchev–Trinajstić information content (AvgIpc) is 3.45. The van der Waals surface area contributed by atoms with Crippen LogP contribution in [-0.2, 0) is 14.3 Å². The highest BCUT2D eigenvalue weighted by Crippen LogP contribution is 2.19. The molecule has 0 aliphatic carbocycles. The second-order valence-electron chi connectivity index (χ2n) is 24.9. The summed E-state index contributed by atoms with van der Waals surface area (Å²) in [5.74, 6) is -0.0475. The Balaban J connectivity index is 3.41. The molecule has 0 spiro atoms. The molecule has 0 rings (SSSR count). The van der Waals surface area contributed by atoms with Crippen molar-refractivity contribution in [1.29, 1.82) is 0 Å². The van der Waals surface area contributed by atoms with Gasteiger partial charge in [0.2, 0.25) is 5.91 Å². The zero-order chi connectivity index (χ0) is 57.1. The average molecular weight is 1110 g/mol. The van der Waals surface area contributed by atoms with Gasteiger partial charge >= 0.3 is 5.97 Å². The van der Waals surface area contributed by atoms with Crippen molar-refractivity contribution in [2.75, 3.05) is 13.2 Å². The van der Waals surface area contributed by atoms with E-state index in [2.05, 4.69) is 31.3 Å². The lowest BCUT2D eigenvalue weighted by Crippen LogP contribution is -2.45. The molecule has 0 heterocycles. The van der Waals surface area contributed by atoms with E-state index < -0.39 is 12.1 Å². The van der Waals surface area contributed by atoms with Crippen molar-refractivity contribution in [2.45, 2.75) is 418 Å². The van der Waals surface area contributed by atoms with Crippen molar-refractivity contribution in [3.05, 3.63) is 24.3 Å². The molecule has 0 fully saturated rings. The molecule has 3 N–H and O–H groups in total. The molecule has 79 heavy (non-hydrogen) atoms. The highest BCUT2D eigenvalue weighted by molar-refractivity contribution is 5.76. The molecule has 2 atom stereocenters. The molecular weight excluding hydrogens is 971 g/mol. The number of ether oxygens (including phenoxy) is 1. The number of carbonyl (C=O) groups excluding carboxylic acids is 2. The van der Waals surface area contributed by atoms with Gasteiger partial charge in [0.1, 0.15) is 0 Å². The van der Waals surface area contributed by atoms with Crippen LogP contribution in [0.3, 0.4) is 0 Å². The van der Waals surface area contributed by atoms with Crippen LogP contribution in [0, 0.1) is 0 Å². The number of esters is 1. The van der Waals surface area contributed by atoms with Crippen molar-refractivity contribution in [2.24, 2.45) is 0 Å². The fourth-order valence-corrected chi connectivity index (χ4v) is 11.5. The largest absolute Gasteiger partial charge is 0.466 e. The Kier molecular flexibility index (Phi) is 67.4. The molecule has 468 valence electrons. The summed E-state index contributed by atoms with van der Waals surface area (Å²) in [6, 6.07) is -0.629. The van der Waals surface area contributed by atoms with E-state index in [-0.39, 0.29) is 18.5 Å².